The van der Waals surface area contributed by atoms with Crippen LogP contribution in [0, 0.1) is 6.92 Å². The zero-order valence-corrected chi connectivity index (χ0v) is 11.8. The van der Waals surface area contributed by atoms with Gasteiger partial charge >= 0.3 is 5.63 Å². The molecule has 1 aromatic heterocycles. The molecule has 0 saturated carbocycles. The molecule has 0 aliphatic heterocycles. The van der Waals surface area contributed by atoms with Crippen LogP contribution in [-0.4, -0.2) is 6.61 Å². The lowest BCUT2D eigenvalue weighted by Gasteiger charge is -2.12. The molecule has 19 heavy (non-hydrogen) atoms. The second kappa shape index (κ2) is 5.91. The van der Waals surface area contributed by atoms with Crippen LogP contribution in [0.2, 0.25) is 0 Å². The normalized spacial score (nSPS) is 10.9. The minimum absolute atomic E-state index is 0.311. The van der Waals surface area contributed by atoms with Gasteiger partial charge in [-0.05, 0) is 37.0 Å². The lowest BCUT2D eigenvalue weighted by atomic mass is 10.1. The van der Waals surface area contributed by atoms with Crippen LogP contribution in [0.1, 0.15) is 37.8 Å². The van der Waals surface area contributed by atoms with Gasteiger partial charge in [-0.25, -0.2) is 4.79 Å². The molecule has 0 bridgehead atoms. The van der Waals surface area contributed by atoms with Gasteiger partial charge in [-0.3, -0.25) is 0 Å². The van der Waals surface area contributed by atoms with Crippen LogP contribution in [0.25, 0.3) is 11.0 Å². The molecule has 0 aliphatic carbocycles. The predicted octanol–water partition coefficient (Wildman–Crippen LogP) is 3.84. The summed E-state index contributed by atoms with van der Waals surface area (Å²) in [5, 5.41) is 0.985. The SMILES string of the molecule is CCCCOc1cc2oc(=O)cc(C)c2cc1CC. The first-order valence-electron chi connectivity index (χ1n) is 6.85. The molecule has 0 atom stereocenters. The van der Waals surface area contributed by atoms with Crippen LogP contribution in [0.15, 0.2) is 27.4 Å². The van der Waals surface area contributed by atoms with Gasteiger partial charge in [-0.1, -0.05) is 20.3 Å². The molecule has 2 rings (SSSR count). The first-order valence-corrected chi connectivity index (χ1v) is 6.85. The Morgan fingerprint density at radius 2 is 2.00 bits per heavy atom. The molecular weight excluding hydrogens is 240 g/mol. The van der Waals surface area contributed by atoms with Crippen molar-refractivity contribution in [1.29, 1.82) is 0 Å². The van der Waals surface area contributed by atoms with E-state index < -0.39 is 0 Å². The summed E-state index contributed by atoms with van der Waals surface area (Å²) >= 11 is 0. The first kappa shape index (κ1) is 13.7. The van der Waals surface area contributed by atoms with Crippen LogP contribution in [0.5, 0.6) is 5.75 Å². The predicted molar refractivity (Wildman–Crippen MR) is 77.0 cm³/mol. The van der Waals surface area contributed by atoms with E-state index in [2.05, 4.69) is 19.9 Å². The molecule has 1 aromatic carbocycles. The quantitative estimate of drug-likeness (QED) is 0.605. The van der Waals surface area contributed by atoms with Crippen molar-refractivity contribution in [3.05, 3.63) is 39.7 Å². The average Bonchev–Trinajstić information content (AvgIpc) is 2.38. The molecule has 3 nitrogen and oxygen atoms in total. The molecule has 2 aromatic rings. The third kappa shape index (κ3) is 2.98. The van der Waals surface area contributed by atoms with Gasteiger partial charge < -0.3 is 9.15 Å². The van der Waals surface area contributed by atoms with Gasteiger partial charge in [0.15, 0.2) is 0 Å². The van der Waals surface area contributed by atoms with Gasteiger partial charge in [-0.2, -0.15) is 0 Å². The third-order valence-corrected chi connectivity index (χ3v) is 3.27. The van der Waals surface area contributed by atoms with Gasteiger partial charge in [0.1, 0.15) is 11.3 Å². The van der Waals surface area contributed by atoms with Crippen molar-refractivity contribution in [2.75, 3.05) is 6.61 Å². The highest BCUT2D eigenvalue weighted by Gasteiger charge is 2.09. The van der Waals surface area contributed by atoms with Gasteiger partial charge in [0.2, 0.25) is 0 Å². The molecule has 3 heteroatoms. The number of hydrogen-bond donors (Lipinski definition) is 0. The standard InChI is InChI=1S/C16H20O3/c1-4-6-7-18-14-10-15-13(9-12(14)5-2)11(3)8-16(17)19-15/h8-10H,4-7H2,1-3H3. The summed E-state index contributed by atoms with van der Waals surface area (Å²) in [6.45, 7) is 6.86. The molecule has 0 N–H and O–H groups in total. The van der Waals surface area contributed by atoms with E-state index in [0.717, 1.165) is 41.5 Å². The van der Waals surface area contributed by atoms with Crippen molar-refractivity contribution in [1.82, 2.24) is 0 Å². The van der Waals surface area contributed by atoms with E-state index in [4.69, 9.17) is 9.15 Å². The number of hydrogen-bond acceptors (Lipinski definition) is 3. The van der Waals surface area contributed by atoms with Crippen molar-refractivity contribution >= 4 is 11.0 Å². The molecule has 0 saturated heterocycles. The largest absolute Gasteiger partial charge is 0.493 e. The van der Waals surface area contributed by atoms with Crippen molar-refractivity contribution < 1.29 is 9.15 Å². The number of unbranched alkanes of at least 4 members (excludes halogenated alkanes) is 1. The number of rotatable bonds is 5. The highest BCUT2D eigenvalue weighted by molar-refractivity contribution is 5.82. The van der Waals surface area contributed by atoms with Crippen molar-refractivity contribution in [3.8, 4) is 5.75 Å². The molecule has 0 fully saturated rings. The number of benzene rings is 1. The summed E-state index contributed by atoms with van der Waals surface area (Å²) in [6, 6.07) is 5.44. The Balaban J connectivity index is 2.48. The molecule has 0 unspecified atom stereocenters. The second-order valence-corrected chi connectivity index (χ2v) is 4.76. The van der Waals surface area contributed by atoms with Crippen LogP contribution >= 0.6 is 0 Å². The monoisotopic (exact) mass is 260 g/mol. The van der Waals surface area contributed by atoms with Gasteiger partial charge in [-0.15, -0.1) is 0 Å². The van der Waals surface area contributed by atoms with Crippen molar-refractivity contribution in [2.45, 2.75) is 40.0 Å². The zero-order chi connectivity index (χ0) is 13.8. The highest BCUT2D eigenvalue weighted by atomic mass is 16.5. The molecule has 0 aliphatic rings. The number of aryl methyl sites for hydroxylation is 2. The Kier molecular flexibility index (Phi) is 4.25. The number of ether oxygens (including phenoxy) is 1. The van der Waals surface area contributed by atoms with Gasteiger partial charge in [0, 0.05) is 17.5 Å². The summed E-state index contributed by atoms with van der Waals surface area (Å²) < 4.78 is 11.0. The maximum Gasteiger partial charge on any atom is 0.336 e. The third-order valence-electron chi connectivity index (χ3n) is 3.27. The van der Waals surface area contributed by atoms with Crippen LogP contribution < -0.4 is 10.4 Å². The maximum atomic E-state index is 11.4. The molecule has 0 spiro atoms. The lowest BCUT2D eigenvalue weighted by molar-refractivity contribution is 0.306. The fourth-order valence-electron chi connectivity index (χ4n) is 2.13. The Morgan fingerprint density at radius 1 is 1.21 bits per heavy atom. The fraction of sp³-hybridized carbons (Fsp3) is 0.438. The minimum atomic E-state index is -0.311. The molecule has 0 radical (unpaired) electrons. The van der Waals surface area contributed by atoms with E-state index in [1.807, 2.05) is 13.0 Å². The van der Waals surface area contributed by atoms with E-state index in [0.29, 0.717) is 12.2 Å². The summed E-state index contributed by atoms with van der Waals surface area (Å²) in [5.41, 5.74) is 2.39. The zero-order valence-electron chi connectivity index (χ0n) is 11.8. The fourth-order valence-corrected chi connectivity index (χ4v) is 2.13. The number of fused-ring (bicyclic) bond motifs is 1. The topological polar surface area (TPSA) is 39.4 Å². The van der Waals surface area contributed by atoms with Crippen LogP contribution in [0.3, 0.4) is 0 Å². The molecule has 1 heterocycles. The van der Waals surface area contributed by atoms with E-state index >= 15 is 0 Å². The smallest absolute Gasteiger partial charge is 0.336 e. The van der Waals surface area contributed by atoms with Crippen molar-refractivity contribution in [3.63, 3.8) is 0 Å². The summed E-state index contributed by atoms with van der Waals surface area (Å²) in [5.74, 6) is 0.831. The summed E-state index contributed by atoms with van der Waals surface area (Å²) in [6.07, 6.45) is 3.03. The highest BCUT2D eigenvalue weighted by Crippen LogP contribution is 2.27. The van der Waals surface area contributed by atoms with E-state index in [9.17, 15) is 4.79 Å². The Morgan fingerprint density at radius 3 is 2.68 bits per heavy atom. The van der Waals surface area contributed by atoms with E-state index in [1.165, 1.54) is 6.07 Å². The first-order chi connectivity index (χ1) is 9.15. The van der Waals surface area contributed by atoms with Crippen LogP contribution in [-0.2, 0) is 6.42 Å². The molecule has 0 amide bonds. The Labute approximate surface area is 113 Å². The minimum Gasteiger partial charge on any atom is -0.493 e. The summed E-state index contributed by atoms with van der Waals surface area (Å²) in [4.78, 5) is 11.4. The lowest BCUT2D eigenvalue weighted by Crippen LogP contribution is -2.02. The Hall–Kier alpha value is -1.77. The van der Waals surface area contributed by atoms with Gasteiger partial charge in [0.05, 0.1) is 6.61 Å². The molecule has 102 valence electrons. The maximum absolute atomic E-state index is 11.4. The van der Waals surface area contributed by atoms with E-state index in [-0.39, 0.29) is 5.63 Å². The van der Waals surface area contributed by atoms with Crippen molar-refractivity contribution in [2.24, 2.45) is 0 Å². The van der Waals surface area contributed by atoms with E-state index in [1.54, 1.807) is 0 Å². The second-order valence-electron chi connectivity index (χ2n) is 4.76. The van der Waals surface area contributed by atoms with Crippen LogP contribution in [0.4, 0.5) is 0 Å². The average molecular weight is 260 g/mol. The van der Waals surface area contributed by atoms with Gasteiger partial charge in [0.25, 0.3) is 0 Å². The summed E-state index contributed by atoms with van der Waals surface area (Å²) in [7, 11) is 0. The Bertz CT molecular complexity index is 626. The molecular formula is C16H20O3.